The quantitative estimate of drug-likeness (QED) is 0.906. The van der Waals surface area contributed by atoms with Crippen molar-refractivity contribution in [1.29, 1.82) is 0 Å². The third-order valence-electron chi connectivity index (χ3n) is 4.05. The van der Waals surface area contributed by atoms with Gasteiger partial charge in [0.25, 0.3) is 0 Å². The number of piperidine rings is 1. The SMILES string of the molecule is Cc1cccc(CCC(=O)N2CCCC(CC(=O)O)C2)c1. The van der Waals surface area contributed by atoms with E-state index in [4.69, 9.17) is 5.11 Å². The fraction of sp³-hybridized carbons (Fsp3) is 0.529. The average molecular weight is 289 g/mol. The number of nitrogens with zero attached hydrogens (tertiary/aromatic N) is 1. The summed E-state index contributed by atoms with van der Waals surface area (Å²) in [5.74, 6) is -0.514. The van der Waals surface area contributed by atoms with Crippen LogP contribution in [0.2, 0.25) is 0 Å². The Hall–Kier alpha value is -1.84. The van der Waals surface area contributed by atoms with Gasteiger partial charge in [0, 0.05) is 25.9 Å². The zero-order chi connectivity index (χ0) is 15.2. The van der Waals surface area contributed by atoms with E-state index in [1.807, 2.05) is 30.0 Å². The van der Waals surface area contributed by atoms with Crippen LogP contribution in [0.5, 0.6) is 0 Å². The molecule has 0 radical (unpaired) electrons. The van der Waals surface area contributed by atoms with Crippen LogP contribution in [0.1, 0.15) is 36.8 Å². The molecular weight excluding hydrogens is 266 g/mol. The molecular formula is C17H23NO3. The molecule has 1 aromatic carbocycles. The Morgan fingerprint density at radius 1 is 1.38 bits per heavy atom. The lowest BCUT2D eigenvalue weighted by Gasteiger charge is -2.32. The molecule has 0 bridgehead atoms. The number of carboxylic acid groups (broad SMARTS) is 1. The highest BCUT2D eigenvalue weighted by atomic mass is 16.4. The highest BCUT2D eigenvalue weighted by Gasteiger charge is 2.24. The van der Waals surface area contributed by atoms with Crippen LogP contribution in [0.3, 0.4) is 0 Å². The van der Waals surface area contributed by atoms with E-state index in [1.54, 1.807) is 0 Å². The number of carboxylic acids is 1. The largest absolute Gasteiger partial charge is 0.481 e. The standard InChI is InChI=1S/C17H23NO3/c1-13-4-2-5-14(10-13)7-8-16(19)18-9-3-6-15(12-18)11-17(20)21/h2,4-5,10,15H,3,6-9,11-12H2,1H3,(H,20,21). The predicted molar refractivity (Wildman–Crippen MR) is 81.1 cm³/mol. The van der Waals surface area contributed by atoms with Crippen LogP contribution in [-0.2, 0) is 16.0 Å². The van der Waals surface area contributed by atoms with E-state index in [1.165, 1.54) is 11.1 Å². The maximum Gasteiger partial charge on any atom is 0.303 e. The molecule has 0 aliphatic carbocycles. The summed E-state index contributed by atoms with van der Waals surface area (Å²) in [5, 5.41) is 8.87. The lowest BCUT2D eigenvalue weighted by Crippen LogP contribution is -2.40. The molecule has 1 N–H and O–H groups in total. The minimum atomic E-state index is -0.769. The summed E-state index contributed by atoms with van der Waals surface area (Å²) in [6.07, 6.45) is 3.24. The maximum absolute atomic E-state index is 12.3. The molecule has 114 valence electrons. The van der Waals surface area contributed by atoms with Crippen molar-refractivity contribution in [2.75, 3.05) is 13.1 Å². The van der Waals surface area contributed by atoms with Crippen LogP contribution in [0.25, 0.3) is 0 Å². The van der Waals surface area contributed by atoms with E-state index in [-0.39, 0.29) is 18.2 Å². The Kier molecular flexibility index (Phi) is 5.37. The van der Waals surface area contributed by atoms with E-state index in [2.05, 4.69) is 6.07 Å². The van der Waals surface area contributed by atoms with Crippen LogP contribution in [-0.4, -0.2) is 35.0 Å². The molecule has 1 fully saturated rings. The van der Waals surface area contributed by atoms with E-state index in [0.717, 1.165) is 25.8 Å². The van der Waals surface area contributed by atoms with Gasteiger partial charge in [0.2, 0.25) is 5.91 Å². The number of benzene rings is 1. The molecule has 2 rings (SSSR count). The third-order valence-corrected chi connectivity index (χ3v) is 4.05. The first-order valence-electron chi connectivity index (χ1n) is 7.59. The molecule has 0 saturated carbocycles. The van der Waals surface area contributed by atoms with Crippen molar-refractivity contribution in [2.24, 2.45) is 5.92 Å². The summed E-state index contributed by atoms with van der Waals surface area (Å²) in [7, 11) is 0. The highest BCUT2D eigenvalue weighted by molar-refractivity contribution is 5.76. The Balaban J connectivity index is 1.83. The number of carbonyl (C=O) groups is 2. The summed E-state index contributed by atoms with van der Waals surface area (Å²) in [6, 6.07) is 8.21. The number of likely N-dealkylation sites (tertiary alicyclic amines) is 1. The summed E-state index contributed by atoms with van der Waals surface area (Å²) >= 11 is 0. The van der Waals surface area contributed by atoms with Crippen LogP contribution in [0.4, 0.5) is 0 Å². The van der Waals surface area contributed by atoms with E-state index < -0.39 is 5.97 Å². The molecule has 1 unspecified atom stereocenters. The zero-order valence-electron chi connectivity index (χ0n) is 12.5. The van der Waals surface area contributed by atoms with Crippen LogP contribution >= 0.6 is 0 Å². The fourth-order valence-electron chi connectivity index (χ4n) is 2.98. The van der Waals surface area contributed by atoms with E-state index in [0.29, 0.717) is 13.0 Å². The Morgan fingerprint density at radius 3 is 2.90 bits per heavy atom. The normalized spacial score (nSPS) is 18.5. The maximum atomic E-state index is 12.3. The number of carbonyl (C=O) groups excluding carboxylic acids is 1. The number of hydrogen-bond donors (Lipinski definition) is 1. The van der Waals surface area contributed by atoms with E-state index >= 15 is 0 Å². The van der Waals surface area contributed by atoms with Gasteiger partial charge in [-0.15, -0.1) is 0 Å². The summed E-state index contributed by atoms with van der Waals surface area (Å²) in [4.78, 5) is 24.9. The molecule has 4 nitrogen and oxygen atoms in total. The molecule has 1 aliphatic rings. The lowest BCUT2D eigenvalue weighted by atomic mass is 9.94. The van der Waals surface area contributed by atoms with E-state index in [9.17, 15) is 9.59 Å². The van der Waals surface area contributed by atoms with Crippen molar-refractivity contribution in [3.05, 3.63) is 35.4 Å². The second kappa shape index (κ2) is 7.25. The molecule has 1 saturated heterocycles. The molecule has 0 spiro atoms. The molecule has 1 amide bonds. The monoisotopic (exact) mass is 289 g/mol. The minimum Gasteiger partial charge on any atom is -0.481 e. The van der Waals surface area contributed by atoms with Crippen molar-refractivity contribution in [3.8, 4) is 0 Å². The molecule has 0 aromatic heterocycles. The number of aliphatic carboxylic acids is 1. The van der Waals surface area contributed by atoms with Crippen LogP contribution in [0.15, 0.2) is 24.3 Å². The second-order valence-electron chi connectivity index (χ2n) is 5.93. The number of amides is 1. The minimum absolute atomic E-state index is 0.110. The summed E-state index contributed by atoms with van der Waals surface area (Å²) in [6.45, 7) is 3.41. The van der Waals surface area contributed by atoms with Crippen molar-refractivity contribution < 1.29 is 14.7 Å². The van der Waals surface area contributed by atoms with Gasteiger partial charge in [-0.25, -0.2) is 0 Å². The van der Waals surface area contributed by atoms with Gasteiger partial charge < -0.3 is 10.0 Å². The Labute approximate surface area is 125 Å². The van der Waals surface area contributed by atoms with Crippen molar-refractivity contribution in [2.45, 2.75) is 39.0 Å². The third kappa shape index (κ3) is 4.88. The van der Waals surface area contributed by atoms with Crippen LogP contribution < -0.4 is 0 Å². The van der Waals surface area contributed by atoms with Gasteiger partial charge in [-0.3, -0.25) is 9.59 Å². The zero-order valence-corrected chi connectivity index (χ0v) is 12.5. The fourth-order valence-corrected chi connectivity index (χ4v) is 2.98. The van der Waals surface area contributed by atoms with Gasteiger partial charge >= 0.3 is 5.97 Å². The highest BCUT2D eigenvalue weighted by Crippen LogP contribution is 2.20. The first-order chi connectivity index (χ1) is 10.0. The molecule has 1 atom stereocenters. The van der Waals surface area contributed by atoms with Crippen molar-refractivity contribution in [3.63, 3.8) is 0 Å². The number of rotatable bonds is 5. The van der Waals surface area contributed by atoms with Gasteiger partial charge in [0.05, 0.1) is 0 Å². The van der Waals surface area contributed by atoms with Gasteiger partial charge in [-0.05, 0) is 37.7 Å². The predicted octanol–water partition coefficient (Wildman–Crippen LogP) is 2.64. The van der Waals surface area contributed by atoms with Gasteiger partial charge in [0.15, 0.2) is 0 Å². The van der Waals surface area contributed by atoms with Crippen molar-refractivity contribution in [1.82, 2.24) is 4.90 Å². The summed E-state index contributed by atoms with van der Waals surface area (Å²) < 4.78 is 0. The molecule has 1 aromatic rings. The second-order valence-corrected chi connectivity index (χ2v) is 5.93. The van der Waals surface area contributed by atoms with Crippen LogP contribution in [0, 0.1) is 12.8 Å². The van der Waals surface area contributed by atoms with Crippen molar-refractivity contribution >= 4 is 11.9 Å². The molecule has 4 heteroatoms. The first-order valence-corrected chi connectivity index (χ1v) is 7.59. The van der Waals surface area contributed by atoms with Gasteiger partial charge in [0.1, 0.15) is 0 Å². The Bertz CT molecular complexity index is 513. The topological polar surface area (TPSA) is 57.6 Å². The first kappa shape index (κ1) is 15.5. The number of hydrogen-bond acceptors (Lipinski definition) is 2. The smallest absolute Gasteiger partial charge is 0.303 e. The summed E-state index contributed by atoms with van der Waals surface area (Å²) in [5.41, 5.74) is 2.39. The molecule has 21 heavy (non-hydrogen) atoms. The average Bonchev–Trinajstić information content (AvgIpc) is 2.44. The lowest BCUT2D eigenvalue weighted by molar-refractivity contribution is -0.140. The molecule has 1 heterocycles. The Morgan fingerprint density at radius 2 is 2.19 bits per heavy atom. The van der Waals surface area contributed by atoms with Gasteiger partial charge in [-0.1, -0.05) is 29.8 Å². The van der Waals surface area contributed by atoms with Gasteiger partial charge in [-0.2, -0.15) is 0 Å². The number of aryl methyl sites for hydroxylation is 2. The molecule has 1 aliphatic heterocycles.